The van der Waals surface area contributed by atoms with E-state index in [4.69, 9.17) is 4.74 Å². The number of hydrogen-bond donors (Lipinski definition) is 0. The number of amides is 1. The van der Waals surface area contributed by atoms with Crippen molar-refractivity contribution >= 4 is 46.2 Å². The molecule has 3 aromatic rings. The zero-order valence-electron chi connectivity index (χ0n) is 20.4. The lowest BCUT2D eigenvalue weighted by Gasteiger charge is -2.24. The number of rotatable bonds is 5. The lowest BCUT2D eigenvalue weighted by Crippen LogP contribution is -2.40. The van der Waals surface area contributed by atoms with Crippen LogP contribution in [0.2, 0.25) is 0 Å². The van der Waals surface area contributed by atoms with Gasteiger partial charge in [-0.2, -0.15) is 0 Å². The molecule has 3 heterocycles. The van der Waals surface area contributed by atoms with Gasteiger partial charge in [0.1, 0.15) is 4.53 Å². The predicted molar refractivity (Wildman–Crippen MR) is 142 cm³/mol. The third kappa shape index (κ3) is 3.74. The van der Waals surface area contributed by atoms with Gasteiger partial charge in [0.15, 0.2) is 4.80 Å². The molecule has 1 atom stereocenters. The molecule has 36 heavy (non-hydrogen) atoms. The molecule has 2 aliphatic rings. The summed E-state index contributed by atoms with van der Waals surface area (Å²) in [5.74, 6) is -0.724. The maximum atomic E-state index is 14.0. The molecule has 2 aliphatic heterocycles. The quantitative estimate of drug-likeness (QED) is 0.382. The molecule has 0 saturated carbocycles. The first-order chi connectivity index (χ1) is 17.4. The van der Waals surface area contributed by atoms with Crippen LogP contribution < -0.4 is 19.8 Å². The van der Waals surface area contributed by atoms with Crippen molar-refractivity contribution in [2.24, 2.45) is 4.99 Å². The molecule has 1 unspecified atom stereocenters. The number of thioether (sulfide) groups is 1. The van der Waals surface area contributed by atoms with Gasteiger partial charge in [0, 0.05) is 17.0 Å². The van der Waals surface area contributed by atoms with Gasteiger partial charge in [-0.15, -0.1) is 11.8 Å². The summed E-state index contributed by atoms with van der Waals surface area (Å²) >= 11 is 2.80. The fourth-order valence-electron chi connectivity index (χ4n) is 4.79. The summed E-state index contributed by atoms with van der Waals surface area (Å²) in [6.07, 6.45) is 2.78. The Bertz CT molecular complexity index is 1600. The Kier molecular flexibility index (Phi) is 6.44. The van der Waals surface area contributed by atoms with Gasteiger partial charge >= 0.3 is 5.97 Å². The molecule has 0 saturated heterocycles. The van der Waals surface area contributed by atoms with Crippen molar-refractivity contribution in [2.45, 2.75) is 31.2 Å². The summed E-state index contributed by atoms with van der Waals surface area (Å²) in [7, 11) is 1.32. The first-order valence-corrected chi connectivity index (χ1v) is 13.6. The van der Waals surface area contributed by atoms with Crippen molar-refractivity contribution in [3.63, 3.8) is 0 Å². The summed E-state index contributed by atoms with van der Waals surface area (Å²) in [5, 5.41) is 0. The Morgan fingerprint density at radius 3 is 2.53 bits per heavy atom. The van der Waals surface area contributed by atoms with E-state index in [-0.39, 0.29) is 11.5 Å². The number of benzene rings is 2. The maximum Gasteiger partial charge on any atom is 0.338 e. The van der Waals surface area contributed by atoms with Crippen LogP contribution in [-0.2, 0) is 14.3 Å². The number of nitrogens with zero attached hydrogens (tertiary/aromatic N) is 3. The molecular formula is C27H25N3O4S2. The molecule has 0 bridgehead atoms. The number of para-hydroxylation sites is 1. The third-order valence-electron chi connectivity index (χ3n) is 6.43. The van der Waals surface area contributed by atoms with Crippen LogP contribution >= 0.6 is 23.1 Å². The summed E-state index contributed by atoms with van der Waals surface area (Å²) in [4.78, 5) is 48.3. The van der Waals surface area contributed by atoms with Crippen molar-refractivity contribution in [1.29, 1.82) is 0 Å². The van der Waals surface area contributed by atoms with Gasteiger partial charge in [-0.3, -0.25) is 14.2 Å². The molecule has 9 heteroatoms. The Morgan fingerprint density at radius 2 is 1.86 bits per heavy atom. The molecule has 0 spiro atoms. The van der Waals surface area contributed by atoms with Crippen molar-refractivity contribution in [3.8, 4) is 0 Å². The average Bonchev–Trinajstić information content (AvgIpc) is 3.35. The number of thiazole rings is 1. The topological polar surface area (TPSA) is 81.0 Å². The predicted octanol–water partition coefficient (Wildman–Crippen LogP) is 3.26. The van der Waals surface area contributed by atoms with E-state index in [1.54, 1.807) is 23.6 Å². The maximum absolute atomic E-state index is 14.0. The van der Waals surface area contributed by atoms with Gasteiger partial charge in [0.2, 0.25) is 0 Å². The first-order valence-electron chi connectivity index (χ1n) is 11.6. The fraction of sp³-hybridized carbons (Fsp3) is 0.259. The Hall–Kier alpha value is -3.43. The number of aromatic nitrogens is 1. The zero-order chi connectivity index (χ0) is 25.6. The zero-order valence-corrected chi connectivity index (χ0v) is 22.0. The number of allylic oxidation sites excluding steroid dienone is 1. The lowest BCUT2D eigenvalue weighted by atomic mass is 9.96. The second-order valence-corrected chi connectivity index (χ2v) is 10.4. The van der Waals surface area contributed by atoms with E-state index in [2.05, 4.69) is 4.99 Å². The van der Waals surface area contributed by atoms with E-state index in [0.29, 0.717) is 32.7 Å². The smallest absolute Gasteiger partial charge is 0.338 e. The number of methoxy groups -OCH3 is 1. The van der Waals surface area contributed by atoms with Crippen molar-refractivity contribution in [1.82, 2.24) is 4.57 Å². The van der Waals surface area contributed by atoms with Crippen molar-refractivity contribution in [3.05, 3.63) is 90.6 Å². The number of anilines is 1. The Labute approximate surface area is 216 Å². The standard InChI is InChI=1S/C27H25N3O4S2/c1-5-14-29-19-9-7-6-8-18(19)21(24(29)31)23-25(32)30-22(16-10-12-17(35-4)13-11-16)20(26(33)34-3)15(2)28-27(30)36-23/h6-13,22H,5,14H2,1-4H3. The molecule has 2 aromatic carbocycles. The second-order valence-electron chi connectivity index (χ2n) is 8.52. The van der Waals surface area contributed by atoms with Crippen LogP contribution in [0.3, 0.4) is 0 Å². The summed E-state index contributed by atoms with van der Waals surface area (Å²) in [6, 6.07) is 14.6. The number of carbonyl (C=O) groups excluding carboxylic acids is 2. The highest BCUT2D eigenvalue weighted by atomic mass is 32.2. The van der Waals surface area contributed by atoms with Gasteiger partial charge < -0.3 is 9.64 Å². The van der Waals surface area contributed by atoms with Crippen LogP contribution in [0.1, 0.15) is 37.4 Å². The van der Waals surface area contributed by atoms with E-state index in [1.807, 2.05) is 61.7 Å². The molecule has 0 fully saturated rings. The highest BCUT2D eigenvalue weighted by Crippen LogP contribution is 2.36. The molecule has 7 nitrogen and oxygen atoms in total. The van der Waals surface area contributed by atoms with Crippen LogP contribution in [0.4, 0.5) is 5.69 Å². The van der Waals surface area contributed by atoms with Crippen LogP contribution in [0, 0.1) is 0 Å². The van der Waals surface area contributed by atoms with Crippen LogP contribution in [0.5, 0.6) is 0 Å². The normalized spacial score (nSPS) is 18.2. The number of fused-ring (bicyclic) bond motifs is 2. The number of esters is 1. The second kappa shape index (κ2) is 9.55. The first kappa shape index (κ1) is 24.3. The Balaban J connectivity index is 1.81. The molecule has 1 amide bonds. The van der Waals surface area contributed by atoms with Gasteiger partial charge in [0.25, 0.3) is 11.5 Å². The minimum absolute atomic E-state index is 0.187. The summed E-state index contributed by atoms with van der Waals surface area (Å²) in [5.41, 5.74) is 3.16. The van der Waals surface area contributed by atoms with Crippen LogP contribution in [-0.4, -0.2) is 36.4 Å². The third-order valence-corrected chi connectivity index (χ3v) is 8.23. The molecule has 0 N–H and O–H groups in total. The highest BCUT2D eigenvalue weighted by molar-refractivity contribution is 7.98. The Morgan fingerprint density at radius 1 is 1.14 bits per heavy atom. The van der Waals surface area contributed by atoms with E-state index in [0.717, 1.165) is 28.1 Å². The van der Waals surface area contributed by atoms with Gasteiger partial charge in [-0.05, 0) is 43.4 Å². The van der Waals surface area contributed by atoms with E-state index in [9.17, 15) is 14.4 Å². The summed E-state index contributed by atoms with van der Waals surface area (Å²) in [6.45, 7) is 4.32. The molecule has 1 aromatic heterocycles. The largest absolute Gasteiger partial charge is 0.466 e. The lowest BCUT2D eigenvalue weighted by molar-refractivity contribution is -0.136. The van der Waals surface area contributed by atoms with Crippen molar-refractivity contribution < 1.29 is 14.3 Å². The number of ether oxygens (including phenoxy) is 1. The van der Waals surface area contributed by atoms with Gasteiger partial charge in [-0.25, -0.2) is 9.79 Å². The molecule has 0 radical (unpaired) electrons. The van der Waals surface area contributed by atoms with Gasteiger partial charge in [-0.1, -0.05) is 48.6 Å². The van der Waals surface area contributed by atoms with Crippen molar-refractivity contribution in [2.75, 3.05) is 24.8 Å². The SMILES string of the molecule is CCCN1C(=O)C(=c2sc3n(c2=O)C(c2ccc(SC)cc2)C(C(=O)OC)=C(C)N=3)c2ccccc21. The number of carbonyl (C=O) groups is 2. The van der Waals surface area contributed by atoms with Crippen LogP contribution in [0.15, 0.2) is 74.5 Å². The highest BCUT2D eigenvalue weighted by Gasteiger charge is 2.36. The van der Waals surface area contributed by atoms with E-state index < -0.39 is 12.0 Å². The fourth-order valence-corrected chi connectivity index (χ4v) is 6.33. The van der Waals surface area contributed by atoms with Gasteiger partial charge in [0.05, 0.1) is 35.7 Å². The van der Waals surface area contributed by atoms with E-state index >= 15 is 0 Å². The minimum Gasteiger partial charge on any atom is -0.466 e. The molecule has 0 aliphatic carbocycles. The molecule has 5 rings (SSSR count). The number of hydrogen-bond acceptors (Lipinski definition) is 7. The monoisotopic (exact) mass is 519 g/mol. The molecular weight excluding hydrogens is 494 g/mol. The molecule has 184 valence electrons. The summed E-state index contributed by atoms with van der Waals surface area (Å²) < 4.78 is 6.94. The van der Waals surface area contributed by atoms with E-state index in [1.165, 1.54) is 23.0 Å². The average molecular weight is 520 g/mol. The minimum atomic E-state index is -0.711. The van der Waals surface area contributed by atoms with Crippen LogP contribution in [0.25, 0.3) is 5.57 Å².